The van der Waals surface area contributed by atoms with Gasteiger partial charge in [0.2, 0.25) is 0 Å². The minimum atomic E-state index is -0.610. The van der Waals surface area contributed by atoms with Crippen LogP contribution in [0.15, 0.2) is 54.7 Å². The molecule has 0 saturated carbocycles. The summed E-state index contributed by atoms with van der Waals surface area (Å²) < 4.78 is 16.7. The van der Waals surface area contributed by atoms with Crippen molar-refractivity contribution in [3.8, 4) is 0 Å². The van der Waals surface area contributed by atoms with E-state index in [1.165, 1.54) is 95.2 Å². The molecule has 0 amide bonds. The van der Waals surface area contributed by atoms with Gasteiger partial charge in [-0.05, 0) is 96.8 Å². The highest BCUT2D eigenvalue weighted by atomic mass is 16.5. The number of esters is 3. The lowest BCUT2D eigenvalue weighted by Gasteiger charge is -2.12. The molecule has 1 rings (SSSR count). The van der Waals surface area contributed by atoms with Crippen molar-refractivity contribution in [2.75, 3.05) is 19.8 Å². The van der Waals surface area contributed by atoms with E-state index in [2.05, 4.69) is 57.2 Å². The highest BCUT2D eigenvalue weighted by molar-refractivity contribution is 6.05. The maximum absolute atomic E-state index is 13.2. The fraction of sp³-hybridized carbons (Fsp3) is 0.667. The van der Waals surface area contributed by atoms with E-state index in [1.54, 1.807) is 0 Å². The van der Waals surface area contributed by atoms with Gasteiger partial charge in [-0.3, -0.25) is 0 Å². The van der Waals surface area contributed by atoms with E-state index < -0.39 is 17.9 Å². The van der Waals surface area contributed by atoms with Crippen LogP contribution >= 0.6 is 0 Å². The molecule has 288 valence electrons. The number of hydrogen-bond donors (Lipinski definition) is 0. The third-order valence-electron chi connectivity index (χ3n) is 9.15. The van der Waals surface area contributed by atoms with Crippen LogP contribution in [0.1, 0.15) is 206 Å². The van der Waals surface area contributed by atoms with E-state index >= 15 is 0 Å². The summed E-state index contributed by atoms with van der Waals surface area (Å²) in [6.45, 7) is 7.07. The number of allylic oxidation sites excluding steroid dienone is 6. The van der Waals surface area contributed by atoms with Gasteiger partial charge in [0.1, 0.15) is 0 Å². The zero-order chi connectivity index (χ0) is 37.0. The normalized spacial score (nSPS) is 11.6. The van der Waals surface area contributed by atoms with Crippen molar-refractivity contribution in [3.05, 3.63) is 71.3 Å². The SMILES string of the molecule is C/C=C/CCCCCCCCCOC(=O)c1ccc(C(=O)OCCCCCCCCC/C=C/C)c(C(=O)OCCCCCCCCC/C=C/C)c1. The van der Waals surface area contributed by atoms with Crippen molar-refractivity contribution in [2.45, 2.75) is 175 Å². The van der Waals surface area contributed by atoms with E-state index in [1.807, 2.05) is 0 Å². The molecule has 0 unspecified atom stereocenters. The summed E-state index contributed by atoms with van der Waals surface area (Å²) in [7, 11) is 0. The van der Waals surface area contributed by atoms with Gasteiger partial charge in [-0.1, -0.05) is 133 Å². The zero-order valence-corrected chi connectivity index (χ0v) is 32.7. The fourth-order valence-corrected chi connectivity index (χ4v) is 6.00. The van der Waals surface area contributed by atoms with Crippen LogP contribution in [0.2, 0.25) is 0 Å². The maximum atomic E-state index is 13.2. The van der Waals surface area contributed by atoms with Gasteiger partial charge >= 0.3 is 17.9 Å². The highest BCUT2D eigenvalue weighted by Gasteiger charge is 2.22. The van der Waals surface area contributed by atoms with Gasteiger partial charge in [-0.25, -0.2) is 14.4 Å². The molecular formula is C45H72O6. The van der Waals surface area contributed by atoms with Crippen LogP contribution in [-0.2, 0) is 14.2 Å². The first-order chi connectivity index (χ1) is 25.0. The third-order valence-corrected chi connectivity index (χ3v) is 9.15. The Hall–Kier alpha value is -3.15. The Morgan fingerprint density at radius 2 is 0.725 bits per heavy atom. The second kappa shape index (κ2) is 34.0. The number of hydrogen-bond acceptors (Lipinski definition) is 6. The molecule has 0 atom stereocenters. The third kappa shape index (κ3) is 25.5. The lowest BCUT2D eigenvalue weighted by Crippen LogP contribution is -2.17. The van der Waals surface area contributed by atoms with Gasteiger partial charge in [0, 0.05) is 0 Å². The fourth-order valence-electron chi connectivity index (χ4n) is 6.00. The lowest BCUT2D eigenvalue weighted by molar-refractivity contribution is 0.0447. The molecule has 1 aromatic rings. The Labute approximate surface area is 311 Å². The Bertz CT molecular complexity index is 1120. The van der Waals surface area contributed by atoms with Crippen LogP contribution in [0.4, 0.5) is 0 Å². The summed E-state index contributed by atoms with van der Waals surface area (Å²) in [5.41, 5.74) is 0.420. The molecule has 0 bridgehead atoms. The van der Waals surface area contributed by atoms with E-state index in [9.17, 15) is 14.4 Å². The predicted octanol–water partition coefficient (Wildman–Crippen LogP) is 13.2. The summed E-state index contributed by atoms with van der Waals surface area (Å²) in [6, 6.07) is 4.47. The molecule has 6 nitrogen and oxygen atoms in total. The van der Waals surface area contributed by atoms with Crippen molar-refractivity contribution >= 4 is 17.9 Å². The van der Waals surface area contributed by atoms with E-state index in [0.717, 1.165) is 77.0 Å². The van der Waals surface area contributed by atoms with Gasteiger partial charge < -0.3 is 14.2 Å². The van der Waals surface area contributed by atoms with Crippen LogP contribution in [0.25, 0.3) is 0 Å². The first kappa shape index (κ1) is 45.9. The molecule has 0 radical (unpaired) electrons. The predicted molar refractivity (Wildman–Crippen MR) is 213 cm³/mol. The monoisotopic (exact) mass is 709 g/mol. The number of carbonyl (C=O) groups excluding carboxylic acids is 3. The van der Waals surface area contributed by atoms with Crippen LogP contribution < -0.4 is 0 Å². The van der Waals surface area contributed by atoms with Gasteiger partial charge in [0.15, 0.2) is 0 Å². The highest BCUT2D eigenvalue weighted by Crippen LogP contribution is 2.18. The molecule has 0 spiro atoms. The maximum Gasteiger partial charge on any atom is 0.339 e. The Morgan fingerprint density at radius 3 is 1.10 bits per heavy atom. The number of rotatable bonds is 33. The molecule has 0 N–H and O–H groups in total. The quantitative estimate of drug-likeness (QED) is 0.0313. The topological polar surface area (TPSA) is 78.9 Å². The molecule has 0 heterocycles. The number of unbranched alkanes of at least 4 members (excludes halogenated alkanes) is 21. The summed E-state index contributed by atoms with van der Waals surface area (Å²) in [5.74, 6) is -1.68. The molecule has 0 aliphatic carbocycles. The van der Waals surface area contributed by atoms with Gasteiger partial charge in [-0.15, -0.1) is 0 Å². The first-order valence-corrected chi connectivity index (χ1v) is 20.5. The lowest BCUT2D eigenvalue weighted by atomic mass is 10.0. The van der Waals surface area contributed by atoms with E-state index in [4.69, 9.17) is 14.2 Å². The largest absolute Gasteiger partial charge is 0.462 e. The van der Waals surface area contributed by atoms with Crippen LogP contribution in [0, 0.1) is 0 Å². The van der Waals surface area contributed by atoms with Crippen molar-refractivity contribution in [1.82, 2.24) is 0 Å². The summed E-state index contributed by atoms with van der Waals surface area (Å²) in [5, 5.41) is 0. The Morgan fingerprint density at radius 1 is 0.412 bits per heavy atom. The minimum Gasteiger partial charge on any atom is -0.462 e. The molecule has 0 aliphatic rings. The van der Waals surface area contributed by atoms with Crippen LogP contribution in [0.5, 0.6) is 0 Å². The molecule has 6 heteroatoms. The average molecular weight is 709 g/mol. The molecule has 0 fully saturated rings. The van der Waals surface area contributed by atoms with Crippen molar-refractivity contribution in [2.24, 2.45) is 0 Å². The molecular weight excluding hydrogens is 636 g/mol. The standard InChI is InChI=1S/C45H72O6/c1-4-7-10-13-16-19-22-25-28-31-36-49-43(46)40-34-35-41(44(47)50-37-32-29-26-23-20-17-14-11-8-5-2)42(39-40)45(48)51-38-33-30-27-24-21-18-15-12-9-6-3/h4-9,34-35,39H,10-33,36-38H2,1-3H3/b7-4+,8-5+,9-6+. The van der Waals surface area contributed by atoms with Gasteiger partial charge in [-0.2, -0.15) is 0 Å². The first-order valence-electron chi connectivity index (χ1n) is 20.5. The Kier molecular flexibility index (Phi) is 30.5. The van der Waals surface area contributed by atoms with Crippen molar-refractivity contribution in [1.29, 1.82) is 0 Å². The summed E-state index contributed by atoms with van der Waals surface area (Å²) in [6.07, 6.45) is 39.8. The summed E-state index contributed by atoms with van der Waals surface area (Å²) >= 11 is 0. The van der Waals surface area contributed by atoms with Gasteiger partial charge in [0.05, 0.1) is 36.5 Å². The second-order valence-electron chi connectivity index (χ2n) is 13.7. The molecule has 51 heavy (non-hydrogen) atoms. The Balaban J connectivity index is 2.58. The second-order valence-corrected chi connectivity index (χ2v) is 13.7. The molecule has 0 aromatic heterocycles. The van der Waals surface area contributed by atoms with Crippen molar-refractivity contribution < 1.29 is 28.6 Å². The smallest absolute Gasteiger partial charge is 0.339 e. The van der Waals surface area contributed by atoms with E-state index in [0.29, 0.717) is 13.2 Å². The molecule has 0 aliphatic heterocycles. The summed E-state index contributed by atoms with van der Waals surface area (Å²) in [4.78, 5) is 39.2. The number of ether oxygens (including phenoxy) is 3. The van der Waals surface area contributed by atoms with E-state index in [-0.39, 0.29) is 23.3 Å². The average Bonchev–Trinajstić information content (AvgIpc) is 3.14. The molecule has 1 aromatic carbocycles. The van der Waals surface area contributed by atoms with Crippen LogP contribution in [0.3, 0.4) is 0 Å². The molecule has 0 saturated heterocycles. The van der Waals surface area contributed by atoms with Crippen LogP contribution in [-0.4, -0.2) is 37.7 Å². The van der Waals surface area contributed by atoms with Crippen molar-refractivity contribution in [3.63, 3.8) is 0 Å². The zero-order valence-electron chi connectivity index (χ0n) is 32.7. The number of benzene rings is 1. The van der Waals surface area contributed by atoms with Gasteiger partial charge in [0.25, 0.3) is 0 Å². The minimum absolute atomic E-state index is 0.0583. The number of carbonyl (C=O) groups is 3.